The Kier molecular flexibility index (Phi) is 3.06. The molecule has 0 amide bonds. The molecule has 0 aromatic rings. The zero-order valence-electron chi connectivity index (χ0n) is 9.38. The SMILES string of the molecule is CC(=O)C1(C2=CCCC=C2)CCNCC1. The van der Waals surface area contributed by atoms with Crippen LogP contribution in [0.2, 0.25) is 0 Å². The van der Waals surface area contributed by atoms with E-state index in [1.54, 1.807) is 6.92 Å². The average molecular weight is 205 g/mol. The minimum atomic E-state index is -0.178. The molecule has 0 bridgehead atoms. The molecule has 1 N–H and O–H groups in total. The van der Waals surface area contributed by atoms with Gasteiger partial charge < -0.3 is 5.32 Å². The first-order valence-electron chi connectivity index (χ1n) is 5.85. The van der Waals surface area contributed by atoms with Crippen molar-refractivity contribution in [3.63, 3.8) is 0 Å². The molecule has 0 aromatic heterocycles. The number of hydrogen-bond donors (Lipinski definition) is 1. The van der Waals surface area contributed by atoms with Gasteiger partial charge in [-0.2, -0.15) is 0 Å². The van der Waals surface area contributed by atoms with Gasteiger partial charge >= 0.3 is 0 Å². The minimum Gasteiger partial charge on any atom is -0.317 e. The van der Waals surface area contributed by atoms with Crippen LogP contribution in [0.1, 0.15) is 32.6 Å². The van der Waals surface area contributed by atoms with Crippen LogP contribution in [0.3, 0.4) is 0 Å². The van der Waals surface area contributed by atoms with Crippen molar-refractivity contribution in [1.82, 2.24) is 5.32 Å². The number of hydrogen-bond acceptors (Lipinski definition) is 2. The fraction of sp³-hybridized carbons (Fsp3) is 0.615. The van der Waals surface area contributed by atoms with Gasteiger partial charge in [0.2, 0.25) is 0 Å². The van der Waals surface area contributed by atoms with E-state index in [4.69, 9.17) is 0 Å². The molecule has 0 aromatic carbocycles. The Balaban J connectivity index is 2.28. The number of piperidine rings is 1. The van der Waals surface area contributed by atoms with E-state index in [0.29, 0.717) is 5.78 Å². The highest BCUT2D eigenvalue weighted by molar-refractivity contribution is 5.86. The van der Waals surface area contributed by atoms with E-state index in [0.717, 1.165) is 38.8 Å². The van der Waals surface area contributed by atoms with E-state index in [2.05, 4.69) is 23.5 Å². The second-order valence-electron chi connectivity index (χ2n) is 4.53. The van der Waals surface area contributed by atoms with Gasteiger partial charge in [-0.25, -0.2) is 0 Å². The molecule has 1 heterocycles. The lowest BCUT2D eigenvalue weighted by Gasteiger charge is -2.37. The summed E-state index contributed by atoms with van der Waals surface area (Å²) in [7, 11) is 0. The standard InChI is InChI=1S/C13H19NO/c1-11(15)13(7-9-14-10-8-13)12-5-3-2-4-6-12/h3,5-6,14H,2,4,7-10H2,1H3. The number of nitrogens with one attached hydrogen (secondary N) is 1. The summed E-state index contributed by atoms with van der Waals surface area (Å²) >= 11 is 0. The van der Waals surface area contributed by atoms with Crippen LogP contribution in [0.5, 0.6) is 0 Å². The molecule has 1 aliphatic heterocycles. The van der Waals surface area contributed by atoms with Crippen LogP contribution in [0.25, 0.3) is 0 Å². The van der Waals surface area contributed by atoms with Crippen LogP contribution in [0.15, 0.2) is 23.8 Å². The van der Waals surface area contributed by atoms with Crippen LogP contribution in [-0.2, 0) is 4.79 Å². The highest BCUT2D eigenvalue weighted by atomic mass is 16.1. The fourth-order valence-electron chi connectivity index (χ4n) is 2.67. The van der Waals surface area contributed by atoms with E-state index < -0.39 is 0 Å². The van der Waals surface area contributed by atoms with Crippen LogP contribution in [0, 0.1) is 5.41 Å². The molecule has 1 saturated heterocycles. The van der Waals surface area contributed by atoms with Gasteiger partial charge in [0.1, 0.15) is 5.78 Å². The zero-order valence-corrected chi connectivity index (χ0v) is 9.38. The third-order valence-electron chi connectivity index (χ3n) is 3.68. The first-order valence-corrected chi connectivity index (χ1v) is 5.85. The fourth-order valence-corrected chi connectivity index (χ4v) is 2.67. The van der Waals surface area contributed by atoms with Gasteiger partial charge in [-0.3, -0.25) is 4.79 Å². The third kappa shape index (κ3) is 1.91. The number of carbonyl (C=O) groups excluding carboxylic acids is 1. The van der Waals surface area contributed by atoms with Gasteiger partial charge in [-0.05, 0) is 51.3 Å². The quantitative estimate of drug-likeness (QED) is 0.749. The molecule has 0 spiro atoms. The Morgan fingerprint density at radius 2 is 2.07 bits per heavy atom. The molecule has 2 rings (SSSR count). The number of ketones is 1. The van der Waals surface area contributed by atoms with Crippen molar-refractivity contribution < 1.29 is 4.79 Å². The first kappa shape index (κ1) is 10.6. The van der Waals surface area contributed by atoms with Crippen molar-refractivity contribution in [2.75, 3.05) is 13.1 Å². The van der Waals surface area contributed by atoms with Crippen molar-refractivity contribution in [1.29, 1.82) is 0 Å². The van der Waals surface area contributed by atoms with Crippen LogP contribution in [0.4, 0.5) is 0 Å². The maximum absolute atomic E-state index is 11.9. The predicted octanol–water partition coefficient (Wildman–Crippen LogP) is 2.22. The summed E-state index contributed by atoms with van der Waals surface area (Å²) in [6, 6.07) is 0. The molecule has 2 nitrogen and oxygen atoms in total. The lowest BCUT2D eigenvalue weighted by Crippen LogP contribution is -2.42. The summed E-state index contributed by atoms with van der Waals surface area (Å²) in [6.07, 6.45) is 10.7. The van der Waals surface area contributed by atoms with Crippen LogP contribution < -0.4 is 5.32 Å². The highest BCUT2D eigenvalue weighted by Gasteiger charge is 2.39. The molecular weight excluding hydrogens is 186 g/mol. The molecule has 82 valence electrons. The molecule has 1 fully saturated rings. The Morgan fingerprint density at radius 3 is 2.60 bits per heavy atom. The van der Waals surface area contributed by atoms with Crippen molar-refractivity contribution in [2.45, 2.75) is 32.6 Å². The van der Waals surface area contributed by atoms with Crippen LogP contribution >= 0.6 is 0 Å². The molecule has 0 saturated carbocycles. The summed E-state index contributed by atoms with van der Waals surface area (Å²) in [4.78, 5) is 11.9. The van der Waals surface area contributed by atoms with E-state index in [-0.39, 0.29) is 5.41 Å². The average Bonchev–Trinajstić information content (AvgIpc) is 2.31. The van der Waals surface area contributed by atoms with E-state index in [1.807, 2.05) is 0 Å². The Morgan fingerprint density at radius 1 is 1.33 bits per heavy atom. The normalized spacial score (nSPS) is 24.7. The summed E-state index contributed by atoms with van der Waals surface area (Å²) in [6.45, 7) is 3.67. The van der Waals surface area contributed by atoms with E-state index in [1.165, 1.54) is 5.57 Å². The molecule has 2 heteroatoms. The third-order valence-corrected chi connectivity index (χ3v) is 3.68. The second-order valence-corrected chi connectivity index (χ2v) is 4.53. The molecule has 2 aliphatic rings. The summed E-state index contributed by atoms with van der Waals surface area (Å²) < 4.78 is 0. The molecule has 0 unspecified atom stereocenters. The Labute approximate surface area is 91.4 Å². The molecule has 1 aliphatic carbocycles. The Bertz CT molecular complexity index is 308. The first-order chi connectivity index (χ1) is 7.26. The lowest BCUT2D eigenvalue weighted by molar-refractivity contribution is -0.125. The van der Waals surface area contributed by atoms with Gasteiger partial charge in [0.15, 0.2) is 0 Å². The largest absolute Gasteiger partial charge is 0.317 e. The van der Waals surface area contributed by atoms with Crippen molar-refractivity contribution in [3.05, 3.63) is 23.8 Å². The minimum absolute atomic E-state index is 0.178. The summed E-state index contributed by atoms with van der Waals surface area (Å²) in [5, 5.41) is 3.33. The molecular formula is C13H19NO. The topological polar surface area (TPSA) is 29.1 Å². The maximum atomic E-state index is 11.9. The van der Waals surface area contributed by atoms with Crippen molar-refractivity contribution in [3.8, 4) is 0 Å². The zero-order chi connectivity index (χ0) is 10.7. The van der Waals surface area contributed by atoms with Crippen LogP contribution in [-0.4, -0.2) is 18.9 Å². The van der Waals surface area contributed by atoms with Gasteiger partial charge in [-0.15, -0.1) is 0 Å². The highest BCUT2D eigenvalue weighted by Crippen LogP contribution is 2.39. The van der Waals surface area contributed by atoms with Gasteiger partial charge in [0.25, 0.3) is 0 Å². The van der Waals surface area contributed by atoms with Gasteiger partial charge in [0, 0.05) is 0 Å². The predicted molar refractivity (Wildman–Crippen MR) is 61.7 cm³/mol. The molecule has 0 atom stereocenters. The maximum Gasteiger partial charge on any atom is 0.140 e. The summed E-state index contributed by atoms with van der Waals surface area (Å²) in [5.41, 5.74) is 1.09. The smallest absolute Gasteiger partial charge is 0.140 e. The number of allylic oxidation sites excluding steroid dienone is 4. The lowest BCUT2D eigenvalue weighted by atomic mass is 9.69. The van der Waals surface area contributed by atoms with Gasteiger partial charge in [-0.1, -0.05) is 18.2 Å². The number of rotatable bonds is 2. The Hall–Kier alpha value is -0.890. The monoisotopic (exact) mass is 205 g/mol. The molecule has 15 heavy (non-hydrogen) atoms. The number of carbonyl (C=O) groups is 1. The van der Waals surface area contributed by atoms with E-state index in [9.17, 15) is 4.79 Å². The van der Waals surface area contributed by atoms with E-state index >= 15 is 0 Å². The number of Topliss-reactive ketones (excluding diaryl/α,β-unsaturated/α-hetero) is 1. The summed E-state index contributed by atoms with van der Waals surface area (Å²) in [5.74, 6) is 0.335. The van der Waals surface area contributed by atoms with Gasteiger partial charge in [0.05, 0.1) is 5.41 Å². The second kappa shape index (κ2) is 4.31. The van der Waals surface area contributed by atoms with Crippen molar-refractivity contribution in [2.24, 2.45) is 5.41 Å². The van der Waals surface area contributed by atoms with Crippen molar-refractivity contribution >= 4 is 5.78 Å². The molecule has 0 radical (unpaired) electrons.